The predicted molar refractivity (Wildman–Crippen MR) is 115 cm³/mol. The first-order valence-electron chi connectivity index (χ1n) is 9.84. The highest BCUT2D eigenvalue weighted by Crippen LogP contribution is 2.48. The van der Waals surface area contributed by atoms with E-state index in [2.05, 4.69) is 9.97 Å². The second kappa shape index (κ2) is 7.93. The second-order valence-corrected chi connectivity index (χ2v) is 10.1. The van der Waals surface area contributed by atoms with E-state index in [-0.39, 0.29) is 6.61 Å². The van der Waals surface area contributed by atoms with Gasteiger partial charge in [0.25, 0.3) is 0 Å². The van der Waals surface area contributed by atoms with Crippen LogP contribution in [0, 0.1) is 0 Å². The lowest BCUT2D eigenvalue weighted by atomic mass is 10.0. The van der Waals surface area contributed by atoms with Crippen LogP contribution in [0.5, 0.6) is 0 Å². The van der Waals surface area contributed by atoms with Crippen LogP contribution in [-0.2, 0) is 20.6 Å². The van der Waals surface area contributed by atoms with Crippen molar-refractivity contribution in [3.05, 3.63) is 44.6 Å². The molecule has 5 heterocycles. The zero-order valence-electron chi connectivity index (χ0n) is 16.7. The highest BCUT2D eigenvalue weighted by molar-refractivity contribution is 7.16. The van der Waals surface area contributed by atoms with Crippen LogP contribution < -0.4 is 0 Å². The van der Waals surface area contributed by atoms with Gasteiger partial charge in [-0.3, -0.25) is 0 Å². The summed E-state index contributed by atoms with van der Waals surface area (Å²) >= 11 is 13.7. The topological polar surface area (TPSA) is 98.9 Å². The van der Waals surface area contributed by atoms with Crippen LogP contribution >= 0.6 is 34.5 Å². The fourth-order valence-corrected chi connectivity index (χ4v) is 5.88. The zero-order valence-corrected chi connectivity index (χ0v) is 19.1. The van der Waals surface area contributed by atoms with Gasteiger partial charge in [-0.15, -0.1) is 11.3 Å². The highest BCUT2D eigenvalue weighted by atomic mass is 35.5. The monoisotopic (exact) mass is 485 g/mol. The Morgan fingerprint density at radius 2 is 2.03 bits per heavy atom. The first-order valence-corrected chi connectivity index (χ1v) is 11.4. The molecule has 0 amide bonds. The fraction of sp³-hybridized carbons (Fsp3) is 0.500. The van der Waals surface area contributed by atoms with Crippen molar-refractivity contribution in [3.8, 4) is 0 Å². The third kappa shape index (κ3) is 3.67. The maximum Gasteiger partial charge on any atom is 0.164 e. The molecule has 0 radical (unpaired) electrons. The molecule has 11 heteroatoms. The summed E-state index contributed by atoms with van der Waals surface area (Å²) in [7, 11) is 0. The minimum atomic E-state index is -1.01. The smallest absolute Gasteiger partial charge is 0.164 e. The lowest BCUT2D eigenvalue weighted by Crippen LogP contribution is -2.34. The van der Waals surface area contributed by atoms with Crippen molar-refractivity contribution in [1.82, 2.24) is 14.5 Å². The molecule has 2 saturated heterocycles. The Balaban J connectivity index is 1.53. The minimum absolute atomic E-state index is 0.0462. The maximum absolute atomic E-state index is 11.3. The van der Waals surface area contributed by atoms with Gasteiger partial charge in [0.15, 0.2) is 12.0 Å². The standard InChI is InChI=1S/C20H21Cl2N3O5S/c1-20(2)29-14-13(12(27)16-9(4-6-26)7-11(21)31-16)28-19(15(14)30-20)25-5-3-10-17(22)23-8-24-18(10)25/h3,5,7-8,12-15,19,26-27H,4,6H2,1-2H3/t12-,13-,14-,15-,19-/m1/s1. The lowest BCUT2D eigenvalue weighted by molar-refractivity contribution is -0.207. The number of aliphatic hydroxyl groups is 2. The second-order valence-electron chi connectivity index (χ2n) is 8.04. The van der Waals surface area contributed by atoms with Gasteiger partial charge in [-0.2, -0.15) is 0 Å². The van der Waals surface area contributed by atoms with E-state index in [0.717, 1.165) is 5.56 Å². The first-order chi connectivity index (χ1) is 14.8. The number of aromatic nitrogens is 3. The van der Waals surface area contributed by atoms with Crippen LogP contribution in [0.4, 0.5) is 0 Å². The number of rotatable bonds is 5. The van der Waals surface area contributed by atoms with Crippen molar-refractivity contribution in [2.45, 2.75) is 56.7 Å². The molecule has 0 aliphatic carbocycles. The van der Waals surface area contributed by atoms with Gasteiger partial charge in [-0.1, -0.05) is 23.2 Å². The van der Waals surface area contributed by atoms with Gasteiger partial charge >= 0.3 is 0 Å². The van der Waals surface area contributed by atoms with Gasteiger partial charge in [-0.25, -0.2) is 9.97 Å². The molecule has 166 valence electrons. The van der Waals surface area contributed by atoms with Crippen molar-refractivity contribution < 1.29 is 24.4 Å². The Bertz CT molecular complexity index is 1120. The summed E-state index contributed by atoms with van der Waals surface area (Å²) in [6.45, 7) is 3.62. The zero-order chi connectivity index (χ0) is 21.9. The quantitative estimate of drug-likeness (QED) is 0.533. The third-order valence-corrected chi connectivity index (χ3v) is 7.25. The SMILES string of the molecule is CC1(C)O[C@H]2[C@@H](O1)[C@H](n1ccc3c(Cl)ncnc31)O[C@@H]2[C@@H](O)c1sc(Cl)cc1CCO. The number of fused-ring (bicyclic) bond motifs is 2. The number of aliphatic hydroxyl groups excluding tert-OH is 2. The van der Waals surface area contributed by atoms with Crippen molar-refractivity contribution in [2.75, 3.05) is 6.61 Å². The Morgan fingerprint density at radius 1 is 1.26 bits per heavy atom. The molecule has 3 aromatic rings. The molecular weight excluding hydrogens is 465 g/mol. The van der Waals surface area contributed by atoms with E-state index in [4.69, 9.17) is 37.4 Å². The van der Waals surface area contributed by atoms with Crippen molar-refractivity contribution >= 4 is 45.6 Å². The van der Waals surface area contributed by atoms with Crippen molar-refractivity contribution in [2.24, 2.45) is 0 Å². The van der Waals surface area contributed by atoms with Crippen LogP contribution in [0.2, 0.25) is 9.49 Å². The van der Waals surface area contributed by atoms with Crippen LogP contribution in [-0.4, -0.2) is 55.5 Å². The Labute approximate surface area is 192 Å². The maximum atomic E-state index is 11.3. The molecule has 2 N–H and O–H groups in total. The lowest BCUT2D eigenvalue weighted by Gasteiger charge is -2.27. The average Bonchev–Trinajstić information content (AvgIpc) is 3.44. The van der Waals surface area contributed by atoms with Gasteiger partial charge in [-0.05, 0) is 38.0 Å². The predicted octanol–water partition coefficient (Wildman–Crippen LogP) is 3.49. The van der Waals surface area contributed by atoms with Crippen molar-refractivity contribution in [1.29, 1.82) is 0 Å². The molecule has 8 nitrogen and oxygen atoms in total. The van der Waals surface area contributed by atoms with E-state index in [1.165, 1.54) is 17.7 Å². The molecular formula is C20H21Cl2N3O5S. The summed E-state index contributed by atoms with van der Waals surface area (Å²) in [6.07, 6.45) is 0.295. The Kier molecular flexibility index (Phi) is 5.51. The minimum Gasteiger partial charge on any atom is -0.396 e. The number of hydrogen-bond acceptors (Lipinski definition) is 8. The molecule has 2 fully saturated rings. The fourth-order valence-electron chi connectivity index (χ4n) is 4.35. The van der Waals surface area contributed by atoms with E-state index < -0.39 is 36.4 Å². The summed E-state index contributed by atoms with van der Waals surface area (Å²) in [5, 5.41) is 21.7. The molecule has 0 bridgehead atoms. The third-order valence-electron chi connectivity index (χ3n) is 5.57. The molecule has 0 spiro atoms. The van der Waals surface area contributed by atoms with Gasteiger partial charge < -0.3 is 29.0 Å². The normalized spacial score (nSPS) is 28.3. The molecule has 31 heavy (non-hydrogen) atoms. The highest BCUT2D eigenvalue weighted by Gasteiger charge is 2.58. The summed E-state index contributed by atoms with van der Waals surface area (Å²) < 4.78 is 21.0. The van der Waals surface area contributed by atoms with Gasteiger partial charge in [0.2, 0.25) is 0 Å². The molecule has 0 saturated carbocycles. The molecule has 5 rings (SSSR count). The first kappa shape index (κ1) is 21.5. The molecule has 0 aromatic carbocycles. The van der Waals surface area contributed by atoms with Gasteiger partial charge in [0.1, 0.15) is 41.5 Å². The van der Waals surface area contributed by atoms with E-state index in [1.54, 1.807) is 6.07 Å². The summed E-state index contributed by atoms with van der Waals surface area (Å²) in [6, 6.07) is 3.58. The molecule has 2 aliphatic rings. The van der Waals surface area contributed by atoms with Crippen LogP contribution in [0.25, 0.3) is 11.0 Å². The van der Waals surface area contributed by atoms with Gasteiger partial charge in [0.05, 0.1) is 9.72 Å². The number of halogens is 2. The number of hydrogen-bond donors (Lipinski definition) is 2. The molecule has 5 atom stereocenters. The summed E-state index contributed by atoms with van der Waals surface area (Å²) in [5.41, 5.74) is 1.39. The van der Waals surface area contributed by atoms with Crippen molar-refractivity contribution in [3.63, 3.8) is 0 Å². The molecule has 0 unspecified atom stereocenters. The summed E-state index contributed by atoms with van der Waals surface area (Å²) in [5.74, 6) is -0.841. The Hall–Kier alpha value is -1.30. The van der Waals surface area contributed by atoms with Gasteiger partial charge in [0, 0.05) is 17.7 Å². The van der Waals surface area contributed by atoms with Crippen LogP contribution in [0.1, 0.15) is 36.6 Å². The van der Waals surface area contributed by atoms with E-state index in [0.29, 0.717) is 31.8 Å². The number of ether oxygens (including phenoxy) is 3. The number of thiophene rings is 1. The van der Waals surface area contributed by atoms with E-state index >= 15 is 0 Å². The Morgan fingerprint density at radius 3 is 2.81 bits per heavy atom. The largest absolute Gasteiger partial charge is 0.396 e. The molecule has 2 aliphatic heterocycles. The average molecular weight is 486 g/mol. The molecule has 3 aromatic heterocycles. The number of nitrogens with zero attached hydrogens (tertiary/aromatic N) is 3. The van der Waals surface area contributed by atoms with E-state index in [9.17, 15) is 10.2 Å². The van der Waals surface area contributed by atoms with Crippen LogP contribution in [0.3, 0.4) is 0 Å². The van der Waals surface area contributed by atoms with E-state index in [1.807, 2.05) is 30.7 Å². The summed E-state index contributed by atoms with van der Waals surface area (Å²) in [4.78, 5) is 9.03. The van der Waals surface area contributed by atoms with Crippen LogP contribution in [0.15, 0.2) is 24.7 Å².